The molecular weight excluding hydrogens is 238 g/mol. The van der Waals surface area contributed by atoms with Gasteiger partial charge in [-0.2, -0.15) is 0 Å². The van der Waals surface area contributed by atoms with Gasteiger partial charge in [0.25, 0.3) is 5.91 Å². The van der Waals surface area contributed by atoms with E-state index in [9.17, 15) is 4.79 Å². The van der Waals surface area contributed by atoms with Crippen LogP contribution in [0, 0.1) is 0 Å². The summed E-state index contributed by atoms with van der Waals surface area (Å²) in [6.45, 7) is 5.33. The first-order valence-corrected chi connectivity index (χ1v) is 7.19. The minimum absolute atomic E-state index is 0.00547. The molecule has 0 bridgehead atoms. The molecule has 1 N–H and O–H groups in total. The Morgan fingerprint density at radius 1 is 1.42 bits per heavy atom. The number of amides is 1. The predicted molar refractivity (Wildman–Crippen MR) is 76.1 cm³/mol. The van der Waals surface area contributed by atoms with E-state index in [0.717, 1.165) is 19.5 Å². The number of aromatic nitrogens is 1. The van der Waals surface area contributed by atoms with Crippen LogP contribution < -0.4 is 5.32 Å². The summed E-state index contributed by atoms with van der Waals surface area (Å²) in [6.07, 6.45) is 8.28. The number of rotatable bonds is 5. The third-order valence-electron chi connectivity index (χ3n) is 3.79. The van der Waals surface area contributed by atoms with Crippen LogP contribution in [0.3, 0.4) is 0 Å². The molecule has 1 atom stereocenters. The van der Waals surface area contributed by atoms with Gasteiger partial charge in [0.15, 0.2) is 0 Å². The van der Waals surface area contributed by atoms with Gasteiger partial charge in [0.05, 0.1) is 0 Å². The fourth-order valence-corrected chi connectivity index (χ4v) is 2.58. The monoisotopic (exact) mass is 261 g/mol. The molecule has 0 aromatic carbocycles. The lowest BCUT2D eigenvalue weighted by Gasteiger charge is -2.33. The summed E-state index contributed by atoms with van der Waals surface area (Å²) >= 11 is 0. The highest BCUT2D eigenvalue weighted by molar-refractivity contribution is 5.93. The van der Waals surface area contributed by atoms with E-state index in [1.165, 1.54) is 25.8 Å². The SMILES string of the molecule is CC1CCCCN1CCCNC(=O)c1ccncc1. The lowest BCUT2D eigenvalue weighted by molar-refractivity contribution is 0.0949. The van der Waals surface area contributed by atoms with Crippen molar-refractivity contribution in [3.8, 4) is 0 Å². The van der Waals surface area contributed by atoms with E-state index in [4.69, 9.17) is 0 Å². The molecule has 2 heterocycles. The number of hydrogen-bond acceptors (Lipinski definition) is 3. The van der Waals surface area contributed by atoms with Crippen LogP contribution in [0.25, 0.3) is 0 Å². The number of pyridine rings is 1. The Labute approximate surface area is 115 Å². The Balaban J connectivity index is 1.65. The van der Waals surface area contributed by atoms with Gasteiger partial charge in [0.1, 0.15) is 0 Å². The molecule has 1 aliphatic rings. The van der Waals surface area contributed by atoms with E-state index in [0.29, 0.717) is 11.6 Å². The van der Waals surface area contributed by atoms with E-state index in [1.807, 2.05) is 0 Å². The zero-order valence-corrected chi connectivity index (χ0v) is 11.6. The first kappa shape index (κ1) is 14.0. The second-order valence-corrected chi connectivity index (χ2v) is 5.23. The van der Waals surface area contributed by atoms with Crippen molar-refractivity contribution in [2.45, 2.75) is 38.6 Å². The highest BCUT2D eigenvalue weighted by Crippen LogP contribution is 2.16. The lowest BCUT2D eigenvalue weighted by atomic mass is 10.0. The predicted octanol–water partition coefficient (Wildman–Crippen LogP) is 2.08. The van der Waals surface area contributed by atoms with E-state index in [1.54, 1.807) is 24.5 Å². The fraction of sp³-hybridized carbons (Fsp3) is 0.600. The summed E-state index contributed by atoms with van der Waals surface area (Å²) in [5.74, 6) is -0.00547. The third-order valence-corrected chi connectivity index (χ3v) is 3.79. The summed E-state index contributed by atoms with van der Waals surface area (Å²) in [4.78, 5) is 18.2. The second kappa shape index (κ2) is 7.24. The molecule has 4 heteroatoms. The zero-order chi connectivity index (χ0) is 13.5. The average Bonchev–Trinajstić information content (AvgIpc) is 2.46. The number of piperidine rings is 1. The van der Waals surface area contributed by atoms with Gasteiger partial charge in [-0.3, -0.25) is 9.78 Å². The highest BCUT2D eigenvalue weighted by atomic mass is 16.1. The van der Waals surface area contributed by atoms with Crippen molar-refractivity contribution in [1.82, 2.24) is 15.2 Å². The molecule has 2 rings (SSSR count). The quantitative estimate of drug-likeness (QED) is 0.825. The maximum Gasteiger partial charge on any atom is 0.251 e. The molecule has 104 valence electrons. The number of hydrogen-bond donors (Lipinski definition) is 1. The molecular formula is C15H23N3O. The standard InChI is InChI=1S/C15H23N3O/c1-13-5-2-3-11-18(13)12-4-8-17-15(19)14-6-9-16-10-7-14/h6-7,9-10,13H,2-5,8,11-12H2,1H3,(H,17,19). The Hall–Kier alpha value is -1.42. The van der Waals surface area contributed by atoms with Crippen LogP contribution in [0.5, 0.6) is 0 Å². The van der Waals surface area contributed by atoms with E-state index in [-0.39, 0.29) is 5.91 Å². The van der Waals surface area contributed by atoms with Gasteiger partial charge in [-0.1, -0.05) is 6.42 Å². The van der Waals surface area contributed by atoms with Gasteiger partial charge in [-0.25, -0.2) is 0 Å². The smallest absolute Gasteiger partial charge is 0.251 e. The molecule has 0 aliphatic carbocycles. The van der Waals surface area contributed by atoms with Gasteiger partial charge in [-0.15, -0.1) is 0 Å². The van der Waals surface area contributed by atoms with Crippen molar-refractivity contribution in [3.05, 3.63) is 30.1 Å². The van der Waals surface area contributed by atoms with Gasteiger partial charge in [0.2, 0.25) is 0 Å². The molecule has 4 nitrogen and oxygen atoms in total. The van der Waals surface area contributed by atoms with Crippen molar-refractivity contribution < 1.29 is 4.79 Å². The van der Waals surface area contributed by atoms with Gasteiger partial charge < -0.3 is 10.2 Å². The van der Waals surface area contributed by atoms with Crippen LogP contribution in [-0.4, -0.2) is 41.5 Å². The summed E-state index contributed by atoms with van der Waals surface area (Å²) in [6, 6.07) is 4.18. The molecule has 1 aromatic heterocycles. The number of carbonyl (C=O) groups is 1. The van der Waals surface area contributed by atoms with Crippen molar-refractivity contribution >= 4 is 5.91 Å². The third kappa shape index (κ3) is 4.31. The number of nitrogens with zero attached hydrogens (tertiary/aromatic N) is 2. The van der Waals surface area contributed by atoms with Crippen molar-refractivity contribution in [2.24, 2.45) is 0 Å². The maximum absolute atomic E-state index is 11.8. The minimum atomic E-state index is -0.00547. The van der Waals surface area contributed by atoms with Crippen LogP contribution in [0.15, 0.2) is 24.5 Å². The van der Waals surface area contributed by atoms with Gasteiger partial charge in [-0.05, 0) is 44.9 Å². The van der Waals surface area contributed by atoms with Crippen LogP contribution in [0.1, 0.15) is 43.0 Å². The van der Waals surface area contributed by atoms with Crippen molar-refractivity contribution in [1.29, 1.82) is 0 Å². The molecule has 1 amide bonds. The Kier molecular flexibility index (Phi) is 5.33. The summed E-state index contributed by atoms with van der Waals surface area (Å²) in [7, 11) is 0. The number of likely N-dealkylation sites (tertiary alicyclic amines) is 1. The summed E-state index contributed by atoms with van der Waals surface area (Å²) in [5, 5.41) is 2.96. The van der Waals surface area contributed by atoms with Crippen molar-refractivity contribution in [3.63, 3.8) is 0 Å². The van der Waals surface area contributed by atoms with Gasteiger partial charge in [0, 0.05) is 37.1 Å². The summed E-state index contributed by atoms with van der Waals surface area (Å²) in [5.41, 5.74) is 0.682. The molecule has 1 unspecified atom stereocenters. The number of nitrogens with one attached hydrogen (secondary N) is 1. The second-order valence-electron chi connectivity index (χ2n) is 5.23. The molecule has 19 heavy (non-hydrogen) atoms. The Morgan fingerprint density at radius 2 is 2.21 bits per heavy atom. The lowest BCUT2D eigenvalue weighted by Crippen LogP contribution is -2.39. The van der Waals surface area contributed by atoms with E-state index in [2.05, 4.69) is 22.1 Å². The molecule has 1 aliphatic heterocycles. The minimum Gasteiger partial charge on any atom is -0.352 e. The molecule has 1 aromatic rings. The van der Waals surface area contributed by atoms with E-state index < -0.39 is 0 Å². The summed E-state index contributed by atoms with van der Waals surface area (Å²) < 4.78 is 0. The molecule has 0 radical (unpaired) electrons. The topological polar surface area (TPSA) is 45.2 Å². The Morgan fingerprint density at radius 3 is 2.95 bits per heavy atom. The number of carbonyl (C=O) groups excluding carboxylic acids is 1. The van der Waals surface area contributed by atoms with Crippen LogP contribution in [0.4, 0.5) is 0 Å². The van der Waals surface area contributed by atoms with Crippen LogP contribution >= 0.6 is 0 Å². The van der Waals surface area contributed by atoms with Crippen LogP contribution in [-0.2, 0) is 0 Å². The van der Waals surface area contributed by atoms with Crippen LogP contribution in [0.2, 0.25) is 0 Å². The van der Waals surface area contributed by atoms with Gasteiger partial charge >= 0.3 is 0 Å². The zero-order valence-electron chi connectivity index (χ0n) is 11.6. The first-order chi connectivity index (χ1) is 9.27. The average molecular weight is 261 g/mol. The molecule has 1 fully saturated rings. The van der Waals surface area contributed by atoms with E-state index >= 15 is 0 Å². The fourth-order valence-electron chi connectivity index (χ4n) is 2.58. The normalized spacial score (nSPS) is 20.2. The van der Waals surface area contributed by atoms with Crippen molar-refractivity contribution in [2.75, 3.05) is 19.6 Å². The largest absolute Gasteiger partial charge is 0.352 e. The molecule has 0 spiro atoms. The highest BCUT2D eigenvalue weighted by Gasteiger charge is 2.17. The maximum atomic E-state index is 11.8. The molecule has 1 saturated heterocycles. The molecule has 0 saturated carbocycles. The Bertz CT molecular complexity index is 394. The first-order valence-electron chi connectivity index (χ1n) is 7.19.